The Bertz CT molecular complexity index is 1280. The number of hydrogen-bond acceptors (Lipinski definition) is 1. The average molecular weight is 583 g/mol. The van der Waals surface area contributed by atoms with E-state index in [0.717, 1.165) is 22.4 Å². The van der Waals surface area contributed by atoms with E-state index in [9.17, 15) is 0 Å². The second-order valence-corrected chi connectivity index (χ2v) is 7.15. The molecule has 0 amide bonds. The van der Waals surface area contributed by atoms with Crippen molar-refractivity contribution >= 4 is 5.52 Å². The summed E-state index contributed by atoms with van der Waals surface area (Å²) in [5.74, 6) is 0. The number of hydrogen-bond donors (Lipinski definition) is 0. The van der Waals surface area contributed by atoms with Gasteiger partial charge in [-0.2, -0.15) is 41.5 Å². The first-order valence-corrected chi connectivity index (χ1v) is 9.83. The standard InChI is InChI=1S/C15H14N2.C12H10N.Ir/c1-12-6-3-4-8-14(12)15-9-5-7-13-10-16(2)11-17(13)15;1-10-6-2-3-7-11(10)12-8-4-5-9-13-12;/h3-11H,1H2,2H3;2-9H,1H2;/q;-1;. The third-order valence-corrected chi connectivity index (χ3v) is 4.94. The normalized spacial score (nSPS) is 10.1. The van der Waals surface area contributed by atoms with Crippen molar-refractivity contribution < 1.29 is 20.1 Å². The minimum absolute atomic E-state index is 0. The number of pyridine rings is 2. The van der Waals surface area contributed by atoms with Crippen molar-refractivity contribution in [1.82, 2.24) is 14.0 Å². The van der Waals surface area contributed by atoms with Crippen LogP contribution < -0.4 is 0 Å². The average Bonchev–Trinajstić information content (AvgIpc) is 3.16. The van der Waals surface area contributed by atoms with Gasteiger partial charge in [-0.15, -0.1) is 23.8 Å². The molecule has 0 aliphatic rings. The summed E-state index contributed by atoms with van der Waals surface area (Å²) in [5.41, 5.74) is 7.69. The van der Waals surface area contributed by atoms with Gasteiger partial charge in [0.1, 0.15) is 6.20 Å². The first kappa shape index (κ1) is 22.4. The second kappa shape index (κ2) is 10.1. The molecule has 3 nitrogen and oxygen atoms in total. The number of rotatable bonds is 2. The molecular formula is C27H24IrN3-. The number of aryl methyl sites for hydroxylation is 1. The predicted octanol–water partition coefficient (Wildman–Crippen LogP) is 6.34. The largest absolute Gasteiger partial charge is 0.270 e. The number of imidazole rings is 1. The van der Waals surface area contributed by atoms with Gasteiger partial charge < -0.3 is 0 Å². The third kappa shape index (κ3) is 5.05. The molecule has 2 aromatic carbocycles. The van der Waals surface area contributed by atoms with E-state index in [1.54, 1.807) is 6.20 Å². The molecule has 0 aliphatic carbocycles. The first-order valence-electron chi connectivity index (χ1n) is 9.83. The molecule has 0 atom stereocenters. The summed E-state index contributed by atoms with van der Waals surface area (Å²) < 4.78 is 4.24. The molecule has 157 valence electrons. The van der Waals surface area contributed by atoms with E-state index in [0.29, 0.717) is 0 Å². The molecule has 4 heteroatoms. The Morgan fingerprint density at radius 1 is 0.742 bits per heavy atom. The van der Waals surface area contributed by atoms with Crippen LogP contribution in [-0.2, 0) is 27.2 Å². The maximum absolute atomic E-state index is 4.27. The van der Waals surface area contributed by atoms with Crippen molar-refractivity contribution in [1.29, 1.82) is 0 Å². The number of aromatic nitrogens is 3. The molecule has 31 heavy (non-hydrogen) atoms. The van der Waals surface area contributed by atoms with Crippen molar-refractivity contribution in [2.75, 3.05) is 0 Å². The van der Waals surface area contributed by atoms with Crippen LogP contribution >= 0.6 is 0 Å². The molecule has 3 aromatic heterocycles. The van der Waals surface area contributed by atoms with Crippen LogP contribution in [0.4, 0.5) is 0 Å². The Morgan fingerprint density at radius 3 is 2.03 bits per heavy atom. The summed E-state index contributed by atoms with van der Waals surface area (Å²) in [6.07, 6.45) is 5.98. The van der Waals surface area contributed by atoms with Gasteiger partial charge >= 0.3 is 0 Å². The van der Waals surface area contributed by atoms with E-state index in [4.69, 9.17) is 0 Å². The molecule has 5 rings (SSSR count). The number of fused-ring (bicyclic) bond motifs is 1. The Morgan fingerprint density at radius 2 is 1.39 bits per heavy atom. The fourth-order valence-corrected chi connectivity index (χ4v) is 3.48. The molecule has 0 saturated carbocycles. The Kier molecular flexibility index (Phi) is 7.30. The van der Waals surface area contributed by atoms with Crippen LogP contribution in [0.3, 0.4) is 0 Å². The van der Waals surface area contributed by atoms with Gasteiger partial charge in [0.05, 0.1) is 5.69 Å². The molecule has 0 fully saturated rings. The topological polar surface area (TPSA) is 22.2 Å². The Hall–Kier alpha value is -3.33. The molecule has 0 saturated heterocycles. The molecular weight excluding hydrogens is 559 g/mol. The summed E-state index contributed by atoms with van der Waals surface area (Å²) in [6, 6.07) is 28.4. The van der Waals surface area contributed by atoms with Crippen LogP contribution in [0, 0.1) is 13.8 Å². The zero-order chi connectivity index (χ0) is 20.9. The first-order chi connectivity index (χ1) is 14.6. The van der Waals surface area contributed by atoms with Gasteiger partial charge in [0.15, 0.2) is 11.8 Å². The van der Waals surface area contributed by atoms with Crippen molar-refractivity contribution in [3.63, 3.8) is 0 Å². The van der Waals surface area contributed by atoms with Crippen LogP contribution in [0.2, 0.25) is 0 Å². The smallest absolute Gasteiger partial charge is 0.182 e. The van der Waals surface area contributed by atoms with E-state index in [1.807, 2.05) is 67.7 Å². The third-order valence-electron chi connectivity index (χ3n) is 4.94. The summed E-state index contributed by atoms with van der Waals surface area (Å²) in [5, 5.41) is 0. The van der Waals surface area contributed by atoms with Crippen LogP contribution in [0.25, 0.3) is 28.0 Å². The maximum Gasteiger partial charge on any atom is 0.182 e. The van der Waals surface area contributed by atoms with E-state index in [-0.39, 0.29) is 20.1 Å². The fourth-order valence-electron chi connectivity index (χ4n) is 3.48. The van der Waals surface area contributed by atoms with Crippen LogP contribution in [0.5, 0.6) is 0 Å². The van der Waals surface area contributed by atoms with Gasteiger partial charge in [-0.1, -0.05) is 29.8 Å². The van der Waals surface area contributed by atoms with Crippen molar-refractivity contribution in [3.8, 4) is 22.5 Å². The Balaban J connectivity index is 0.000000176. The van der Waals surface area contributed by atoms with Crippen LogP contribution in [-0.4, -0.2) is 14.0 Å². The summed E-state index contributed by atoms with van der Waals surface area (Å²) in [4.78, 5) is 4.27. The quantitative estimate of drug-likeness (QED) is 0.223. The second-order valence-electron chi connectivity index (χ2n) is 7.15. The monoisotopic (exact) mass is 583 g/mol. The summed E-state index contributed by atoms with van der Waals surface area (Å²) in [6.45, 7) is 8.05. The SMILES string of the molecule is [CH2-]c1ccccc1-c1cccc2cn(C)[cH+]n12.[CH2-]c1ccccc1-c1ccccn1.[Ir]. The predicted molar refractivity (Wildman–Crippen MR) is 125 cm³/mol. The molecule has 0 unspecified atom stereocenters. The van der Waals surface area contributed by atoms with Gasteiger partial charge in [-0.3, -0.25) is 9.55 Å². The van der Waals surface area contributed by atoms with E-state index >= 15 is 0 Å². The van der Waals surface area contributed by atoms with Crippen LogP contribution in [0.15, 0.2) is 104 Å². The van der Waals surface area contributed by atoms with Crippen molar-refractivity contribution in [2.24, 2.45) is 7.05 Å². The Labute approximate surface area is 197 Å². The van der Waals surface area contributed by atoms with Gasteiger partial charge in [0.2, 0.25) is 0 Å². The number of nitrogens with zero attached hydrogens (tertiary/aromatic N) is 3. The van der Waals surface area contributed by atoms with Gasteiger partial charge in [-0.05, 0) is 24.3 Å². The molecule has 1 radical (unpaired) electrons. The molecule has 0 aliphatic heterocycles. The summed E-state index contributed by atoms with van der Waals surface area (Å²) >= 11 is 0. The van der Waals surface area contributed by atoms with Gasteiger partial charge in [0.25, 0.3) is 0 Å². The number of benzene rings is 2. The van der Waals surface area contributed by atoms with E-state index in [2.05, 4.69) is 64.6 Å². The van der Waals surface area contributed by atoms with Gasteiger partial charge in [-0.25, -0.2) is 0 Å². The van der Waals surface area contributed by atoms with E-state index < -0.39 is 0 Å². The zero-order valence-electron chi connectivity index (χ0n) is 17.4. The zero-order valence-corrected chi connectivity index (χ0v) is 19.8. The maximum atomic E-state index is 4.27. The van der Waals surface area contributed by atoms with E-state index in [1.165, 1.54) is 16.8 Å². The van der Waals surface area contributed by atoms with Crippen molar-refractivity contribution in [3.05, 3.63) is 129 Å². The molecule has 5 aromatic rings. The minimum atomic E-state index is 0. The minimum Gasteiger partial charge on any atom is -0.270 e. The fraction of sp³-hybridized carbons (Fsp3) is 0.0370. The molecule has 0 spiro atoms. The molecule has 3 heterocycles. The van der Waals surface area contributed by atoms with Gasteiger partial charge in [0, 0.05) is 45.1 Å². The van der Waals surface area contributed by atoms with Crippen LogP contribution in [0.1, 0.15) is 11.1 Å². The molecule has 0 N–H and O–H groups in total. The molecule has 0 bridgehead atoms. The van der Waals surface area contributed by atoms with Crippen molar-refractivity contribution in [2.45, 2.75) is 0 Å². The summed E-state index contributed by atoms with van der Waals surface area (Å²) in [7, 11) is 2.03.